The number of hydrogen-bond donors (Lipinski definition) is 6. The van der Waals surface area contributed by atoms with Crippen molar-refractivity contribution in [2.75, 3.05) is 36.7 Å². The molecule has 0 saturated heterocycles. The summed E-state index contributed by atoms with van der Waals surface area (Å²) in [6.07, 6.45) is 6.64. The minimum absolute atomic E-state index is 0.532. The molecule has 16 nitrogen and oxygen atoms in total. The van der Waals surface area contributed by atoms with Crippen molar-refractivity contribution in [3.8, 4) is 61.9 Å². The first-order valence-electron chi connectivity index (χ1n) is 18.6. The van der Waals surface area contributed by atoms with E-state index in [2.05, 4.69) is 92.5 Å². The van der Waals surface area contributed by atoms with Crippen LogP contribution in [-0.2, 0) is 0 Å². The fourth-order valence-corrected chi connectivity index (χ4v) is 7.42. The Kier molecular flexibility index (Phi) is 8.67. The van der Waals surface area contributed by atoms with Crippen LogP contribution in [0.2, 0.25) is 0 Å². The smallest absolute Gasteiger partial charge is 0.161 e. The molecule has 288 valence electrons. The van der Waals surface area contributed by atoms with Gasteiger partial charge in [0.2, 0.25) is 0 Å². The Hall–Kier alpha value is -8.40. The summed E-state index contributed by atoms with van der Waals surface area (Å²) >= 11 is 0. The zero-order valence-corrected chi connectivity index (χ0v) is 32.0. The third kappa shape index (κ3) is 6.30. The molecule has 6 N–H and O–H groups in total. The van der Waals surface area contributed by atoms with Gasteiger partial charge in [0.1, 0.15) is 52.8 Å². The van der Waals surface area contributed by atoms with E-state index in [0.29, 0.717) is 62.2 Å². The lowest BCUT2D eigenvalue weighted by molar-refractivity contribution is 0.417. The van der Waals surface area contributed by atoms with E-state index in [1.54, 1.807) is 13.3 Å². The average molecular weight is 778 g/mol. The highest BCUT2D eigenvalue weighted by molar-refractivity contribution is 6.05. The molecule has 0 unspecified atom stereocenters. The predicted molar refractivity (Wildman–Crippen MR) is 229 cm³/mol. The molecule has 10 rings (SSSR count). The Labute approximate surface area is 336 Å². The minimum atomic E-state index is 0.532. The zero-order valence-electron chi connectivity index (χ0n) is 32.0. The first-order valence-corrected chi connectivity index (χ1v) is 18.6. The van der Waals surface area contributed by atoms with E-state index in [9.17, 15) is 0 Å². The molecule has 0 amide bonds. The largest absolute Gasteiger partial charge is 0.495 e. The topological polar surface area (TPSA) is 203 Å². The maximum Gasteiger partial charge on any atom is 0.161 e. The summed E-state index contributed by atoms with van der Waals surface area (Å²) in [5, 5.41) is 39.2. The number of ether oxygens (including phenoxy) is 1. The maximum atomic E-state index is 5.79. The summed E-state index contributed by atoms with van der Waals surface area (Å²) in [5.41, 5.74) is 11.7. The molecule has 16 heteroatoms. The van der Waals surface area contributed by atoms with Crippen molar-refractivity contribution in [2.24, 2.45) is 0 Å². The Morgan fingerprint density at radius 3 is 1.86 bits per heavy atom. The summed E-state index contributed by atoms with van der Waals surface area (Å²) in [4.78, 5) is 20.5. The normalized spacial score (nSPS) is 11.3. The number of hydrogen-bond acceptors (Lipinski definition) is 12. The molecule has 0 aliphatic heterocycles. The van der Waals surface area contributed by atoms with Gasteiger partial charge in [-0.25, -0.2) is 19.9 Å². The number of aromatic amines is 4. The monoisotopic (exact) mass is 777 g/mol. The molecule has 0 aliphatic carbocycles. The second-order valence-electron chi connectivity index (χ2n) is 13.9. The van der Waals surface area contributed by atoms with E-state index in [4.69, 9.17) is 24.9 Å². The highest BCUT2D eigenvalue weighted by Gasteiger charge is 2.26. The van der Waals surface area contributed by atoms with Crippen LogP contribution in [0.5, 0.6) is 5.75 Å². The lowest BCUT2D eigenvalue weighted by Crippen LogP contribution is -2.13. The maximum absolute atomic E-state index is 5.79. The molecule has 0 atom stereocenters. The third-order valence-corrected chi connectivity index (χ3v) is 10.1. The number of fused-ring (bicyclic) bond motifs is 2. The number of anilines is 5. The second-order valence-corrected chi connectivity index (χ2v) is 13.9. The molecule has 4 aromatic carbocycles. The number of nitrogens with zero attached hydrogens (tertiary/aromatic N) is 9. The Bertz CT molecular complexity index is 3080. The van der Waals surface area contributed by atoms with Crippen molar-refractivity contribution in [2.45, 2.75) is 0 Å². The van der Waals surface area contributed by atoms with Crippen molar-refractivity contribution in [3.63, 3.8) is 0 Å². The summed E-state index contributed by atoms with van der Waals surface area (Å²) in [6.45, 7) is 0. The van der Waals surface area contributed by atoms with Gasteiger partial charge in [0.15, 0.2) is 11.3 Å². The van der Waals surface area contributed by atoms with Crippen LogP contribution in [-0.4, -0.2) is 81.9 Å². The summed E-state index contributed by atoms with van der Waals surface area (Å²) in [7, 11) is 5.66. The molecule has 6 heterocycles. The van der Waals surface area contributed by atoms with Gasteiger partial charge in [0.25, 0.3) is 0 Å². The molecule has 10 aromatic rings. The van der Waals surface area contributed by atoms with E-state index < -0.39 is 0 Å². The number of rotatable bonds is 11. The molecular formula is C43H35N15O. The van der Waals surface area contributed by atoms with Crippen molar-refractivity contribution >= 4 is 50.8 Å². The number of benzene rings is 4. The highest BCUT2D eigenvalue weighted by atomic mass is 16.5. The van der Waals surface area contributed by atoms with Gasteiger partial charge in [-0.3, -0.25) is 20.4 Å². The van der Waals surface area contributed by atoms with E-state index in [1.165, 1.54) is 12.7 Å². The molecule has 0 radical (unpaired) electrons. The van der Waals surface area contributed by atoms with Gasteiger partial charge in [-0.15, -0.1) is 0 Å². The minimum Gasteiger partial charge on any atom is -0.495 e. The molecule has 0 aliphatic rings. The Morgan fingerprint density at radius 1 is 0.559 bits per heavy atom. The molecule has 0 saturated carbocycles. The van der Waals surface area contributed by atoms with E-state index in [-0.39, 0.29) is 0 Å². The highest BCUT2D eigenvalue weighted by Crippen LogP contribution is 2.46. The average Bonchev–Trinajstić information content (AvgIpc) is 4.11. The van der Waals surface area contributed by atoms with Crippen LogP contribution in [0.25, 0.3) is 78.2 Å². The number of aromatic nitrogens is 12. The first-order chi connectivity index (χ1) is 29.0. The standard InChI is InChI=1S/C43H35N15O/c1-58(2)39-28(18-27(25-12-8-5-9-13-25)20-32(39)51-40-34-37(30-16-17-48-52-30)54-56-42(34)46-22-44-40)29-21-49-53-36(29)38-35-41(45-23-47-43(35)57-55-38)50-31-19-26(14-15-33(31)59-3)24-10-6-4-7-11-24/h4-23H,1-3H3,(H,48,52)(H,49,53)(H2,44,46,51,54,56)(H2,45,47,50,55,57). The van der Waals surface area contributed by atoms with Crippen molar-refractivity contribution in [1.82, 2.24) is 60.7 Å². The van der Waals surface area contributed by atoms with Gasteiger partial charge in [-0.1, -0.05) is 66.7 Å². The Balaban J connectivity index is 1.13. The van der Waals surface area contributed by atoms with Gasteiger partial charge < -0.3 is 20.3 Å². The predicted octanol–water partition coefficient (Wildman–Crippen LogP) is 8.36. The van der Waals surface area contributed by atoms with Crippen LogP contribution in [0.1, 0.15) is 0 Å². The SMILES string of the molecule is COc1ccc(-c2ccccc2)cc1Nc1ncnc2[nH]nc(-c3n[nH]cc3-c3cc(-c4ccccc4)cc(Nc4ncnc5[nH]nc(-c6cc[nH]n6)c45)c3N(C)C)c12. The van der Waals surface area contributed by atoms with Crippen LogP contribution in [0.4, 0.5) is 28.7 Å². The molecule has 0 bridgehead atoms. The quantitative estimate of drug-likeness (QED) is 0.0734. The number of H-pyrrole nitrogens is 4. The van der Waals surface area contributed by atoms with E-state index >= 15 is 0 Å². The van der Waals surface area contributed by atoms with Crippen LogP contribution < -0.4 is 20.3 Å². The molecule has 0 spiro atoms. The van der Waals surface area contributed by atoms with Gasteiger partial charge in [-0.2, -0.15) is 20.4 Å². The van der Waals surface area contributed by atoms with E-state index in [1.807, 2.05) is 81.0 Å². The van der Waals surface area contributed by atoms with Gasteiger partial charge in [0.05, 0.1) is 34.9 Å². The number of nitrogens with one attached hydrogen (secondary N) is 6. The summed E-state index contributed by atoms with van der Waals surface area (Å²) < 4.78 is 5.79. The second kappa shape index (κ2) is 14.6. The summed E-state index contributed by atoms with van der Waals surface area (Å²) in [6, 6.07) is 32.5. The first kappa shape index (κ1) is 35.0. The lowest BCUT2D eigenvalue weighted by atomic mass is 9.94. The third-order valence-electron chi connectivity index (χ3n) is 10.1. The van der Waals surface area contributed by atoms with E-state index in [0.717, 1.165) is 50.4 Å². The molecule has 59 heavy (non-hydrogen) atoms. The molecular weight excluding hydrogens is 743 g/mol. The fraction of sp³-hybridized carbons (Fsp3) is 0.0698. The van der Waals surface area contributed by atoms with Crippen LogP contribution >= 0.6 is 0 Å². The molecule has 0 fully saturated rings. The zero-order chi connectivity index (χ0) is 39.9. The Morgan fingerprint density at radius 2 is 1.20 bits per heavy atom. The lowest BCUT2D eigenvalue weighted by Gasteiger charge is -2.24. The van der Waals surface area contributed by atoms with Crippen molar-refractivity contribution in [1.29, 1.82) is 0 Å². The van der Waals surface area contributed by atoms with Gasteiger partial charge in [0, 0.05) is 37.6 Å². The van der Waals surface area contributed by atoms with Crippen molar-refractivity contribution < 1.29 is 4.74 Å². The number of methoxy groups -OCH3 is 1. The van der Waals surface area contributed by atoms with Gasteiger partial charge in [-0.05, 0) is 52.6 Å². The summed E-state index contributed by atoms with van der Waals surface area (Å²) in [5.74, 6) is 1.75. The van der Waals surface area contributed by atoms with Crippen LogP contribution in [0.15, 0.2) is 122 Å². The van der Waals surface area contributed by atoms with Crippen LogP contribution in [0.3, 0.4) is 0 Å². The van der Waals surface area contributed by atoms with Gasteiger partial charge >= 0.3 is 0 Å². The van der Waals surface area contributed by atoms with Crippen LogP contribution in [0, 0.1) is 0 Å². The van der Waals surface area contributed by atoms with Crippen molar-refractivity contribution in [3.05, 3.63) is 122 Å². The molecule has 6 aromatic heterocycles. The fourth-order valence-electron chi connectivity index (χ4n) is 7.42.